The minimum Gasteiger partial charge on any atom is -0.507 e. The monoisotopic (exact) mass is 401 g/mol. The molecule has 0 heterocycles. The fraction of sp³-hybridized carbons (Fsp3) is 0.120. The lowest BCUT2D eigenvalue weighted by molar-refractivity contribution is 0.0953. The molecule has 0 aromatic heterocycles. The molecule has 0 saturated carbocycles. The normalized spacial score (nSPS) is 10.7. The number of phenols is 1. The Morgan fingerprint density at radius 1 is 1.00 bits per heavy atom. The number of carbonyl (C=O) groups is 2. The van der Waals surface area contributed by atoms with Crippen molar-refractivity contribution in [1.29, 1.82) is 0 Å². The second kappa shape index (κ2) is 10.1. The summed E-state index contributed by atoms with van der Waals surface area (Å²) in [6, 6.07) is 21.5. The second-order valence-corrected chi connectivity index (χ2v) is 6.69. The lowest BCUT2D eigenvalue weighted by Gasteiger charge is -2.06. The van der Waals surface area contributed by atoms with Gasteiger partial charge in [0.1, 0.15) is 11.5 Å². The summed E-state index contributed by atoms with van der Waals surface area (Å²) < 4.78 is 5.01. The van der Waals surface area contributed by atoms with Gasteiger partial charge in [0.2, 0.25) is 0 Å². The maximum absolute atomic E-state index is 12.3. The van der Waals surface area contributed by atoms with E-state index in [1.165, 1.54) is 30.9 Å². The highest BCUT2D eigenvalue weighted by Gasteiger charge is 2.09. The van der Waals surface area contributed by atoms with E-state index in [-0.39, 0.29) is 23.0 Å². The van der Waals surface area contributed by atoms with E-state index in [0.29, 0.717) is 17.9 Å². The Kier molecular flexibility index (Phi) is 7.00. The Balaban J connectivity index is 1.55. The molecule has 3 rings (SSSR count). The van der Waals surface area contributed by atoms with Crippen LogP contribution in [-0.2, 0) is 6.42 Å². The number of amides is 1. The Labute approximate surface area is 175 Å². The molecule has 0 unspecified atom stereocenters. The number of hydrogen-bond acceptors (Lipinski definition) is 4. The van der Waals surface area contributed by atoms with Gasteiger partial charge in [-0.1, -0.05) is 48.5 Å². The van der Waals surface area contributed by atoms with Crippen molar-refractivity contribution in [2.75, 3.05) is 13.7 Å². The number of benzene rings is 3. The van der Waals surface area contributed by atoms with Crippen LogP contribution >= 0.6 is 0 Å². The molecule has 0 atom stereocenters. The highest BCUT2D eigenvalue weighted by atomic mass is 16.5. The zero-order valence-corrected chi connectivity index (χ0v) is 16.7. The van der Waals surface area contributed by atoms with Gasteiger partial charge in [-0.25, -0.2) is 0 Å². The van der Waals surface area contributed by atoms with E-state index in [1.807, 2.05) is 30.3 Å². The first kappa shape index (κ1) is 20.9. The minimum atomic E-state index is -0.321. The van der Waals surface area contributed by atoms with Crippen LogP contribution in [0.5, 0.6) is 11.5 Å². The molecule has 0 saturated heterocycles. The lowest BCUT2D eigenvalue weighted by Crippen LogP contribution is -2.25. The minimum absolute atomic E-state index is 0.133. The summed E-state index contributed by atoms with van der Waals surface area (Å²) in [6.07, 6.45) is 3.80. The number of ketones is 1. The number of methoxy groups -OCH3 is 1. The molecule has 0 fully saturated rings. The molecule has 3 aromatic rings. The van der Waals surface area contributed by atoms with Gasteiger partial charge < -0.3 is 15.2 Å². The number of ether oxygens (including phenoxy) is 1. The van der Waals surface area contributed by atoms with E-state index >= 15 is 0 Å². The van der Waals surface area contributed by atoms with Gasteiger partial charge in [0.15, 0.2) is 5.78 Å². The fourth-order valence-corrected chi connectivity index (χ4v) is 2.92. The Hall–Kier alpha value is -3.86. The van der Waals surface area contributed by atoms with E-state index in [2.05, 4.69) is 5.32 Å². The molecule has 30 heavy (non-hydrogen) atoms. The summed E-state index contributed by atoms with van der Waals surface area (Å²) in [4.78, 5) is 24.6. The van der Waals surface area contributed by atoms with Gasteiger partial charge in [0.25, 0.3) is 5.91 Å². The van der Waals surface area contributed by atoms with Gasteiger partial charge in [0, 0.05) is 18.2 Å². The van der Waals surface area contributed by atoms with Gasteiger partial charge >= 0.3 is 0 Å². The number of phenolic OH excluding ortho intramolecular Hbond substituents is 1. The van der Waals surface area contributed by atoms with E-state index in [1.54, 1.807) is 36.4 Å². The average molecular weight is 401 g/mol. The zero-order chi connectivity index (χ0) is 21.3. The quantitative estimate of drug-likeness (QED) is 0.437. The largest absolute Gasteiger partial charge is 0.507 e. The van der Waals surface area contributed by atoms with Crippen LogP contribution in [0.15, 0.2) is 78.9 Å². The summed E-state index contributed by atoms with van der Waals surface area (Å²) in [7, 11) is 1.49. The third-order valence-electron chi connectivity index (χ3n) is 4.61. The lowest BCUT2D eigenvalue weighted by atomic mass is 10.1. The predicted molar refractivity (Wildman–Crippen MR) is 117 cm³/mol. The van der Waals surface area contributed by atoms with E-state index in [0.717, 1.165) is 12.0 Å². The SMILES string of the molecule is COc1ccc(C(=O)/C=C/c2ccc(C(=O)NCCc3ccccc3)cc2)c(O)c1. The average Bonchev–Trinajstić information content (AvgIpc) is 2.78. The van der Waals surface area contributed by atoms with Gasteiger partial charge in [-0.05, 0) is 47.9 Å². The van der Waals surface area contributed by atoms with Crippen LogP contribution in [0, 0.1) is 0 Å². The Bertz CT molecular complexity index is 1040. The number of carbonyl (C=O) groups excluding carboxylic acids is 2. The molecular weight excluding hydrogens is 378 g/mol. The second-order valence-electron chi connectivity index (χ2n) is 6.69. The summed E-state index contributed by atoms with van der Waals surface area (Å²) >= 11 is 0. The van der Waals surface area contributed by atoms with Crippen LogP contribution < -0.4 is 10.1 Å². The third-order valence-corrected chi connectivity index (χ3v) is 4.61. The van der Waals surface area contributed by atoms with Gasteiger partial charge in [-0.3, -0.25) is 9.59 Å². The molecule has 5 nitrogen and oxygen atoms in total. The van der Waals surface area contributed by atoms with Crippen LogP contribution in [0.4, 0.5) is 0 Å². The third kappa shape index (κ3) is 5.58. The van der Waals surface area contributed by atoms with Crippen molar-refractivity contribution in [3.8, 4) is 11.5 Å². The van der Waals surface area contributed by atoms with E-state index in [9.17, 15) is 14.7 Å². The van der Waals surface area contributed by atoms with E-state index in [4.69, 9.17) is 4.74 Å². The molecule has 152 valence electrons. The molecule has 0 aliphatic heterocycles. The maximum atomic E-state index is 12.3. The van der Waals surface area contributed by atoms with Crippen molar-refractivity contribution in [3.05, 3.63) is 101 Å². The molecule has 0 spiro atoms. The Morgan fingerprint density at radius 2 is 1.73 bits per heavy atom. The number of hydrogen-bond donors (Lipinski definition) is 2. The standard InChI is InChI=1S/C25H23NO4/c1-30-21-12-13-22(24(28)17-21)23(27)14-9-19-7-10-20(11-8-19)25(29)26-16-15-18-5-3-2-4-6-18/h2-14,17,28H,15-16H2,1H3,(H,26,29)/b14-9+. The van der Waals surface area contributed by atoms with Gasteiger partial charge in [-0.15, -0.1) is 0 Å². The molecule has 5 heteroatoms. The molecule has 1 amide bonds. The van der Waals surface area contributed by atoms with Crippen molar-refractivity contribution in [2.24, 2.45) is 0 Å². The summed E-state index contributed by atoms with van der Waals surface area (Å²) in [6.45, 7) is 0.560. The van der Waals surface area contributed by atoms with Gasteiger partial charge in [-0.2, -0.15) is 0 Å². The summed E-state index contributed by atoms with van der Waals surface area (Å²) in [5.41, 5.74) is 2.70. The van der Waals surface area contributed by atoms with E-state index < -0.39 is 0 Å². The smallest absolute Gasteiger partial charge is 0.251 e. The summed E-state index contributed by atoms with van der Waals surface area (Å²) in [5, 5.41) is 12.9. The zero-order valence-electron chi connectivity index (χ0n) is 16.7. The first-order valence-electron chi connectivity index (χ1n) is 9.58. The molecular formula is C25H23NO4. The number of nitrogens with one attached hydrogen (secondary N) is 1. The Morgan fingerprint density at radius 3 is 2.40 bits per heavy atom. The number of allylic oxidation sites excluding steroid dienone is 1. The maximum Gasteiger partial charge on any atom is 0.251 e. The fourth-order valence-electron chi connectivity index (χ4n) is 2.92. The molecule has 2 N–H and O–H groups in total. The predicted octanol–water partition coefficient (Wildman–Crippen LogP) is 4.27. The molecule has 3 aromatic carbocycles. The van der Waals surface area contributed by atoms with Gasteiger partial charge in [0.05, 0.1) is 12.7 Å². The van der Waals surface area contributed by atoms with Crippen molar-refractivity contribution in [1.82, 2.24) is 5.32 Å². The molecule has 0 aliphatic carbocycles. The highest BCUT2D eigenvalue weighted by Crippen LogP contribution is 2.24. The molecule has 0 aliphatic rings. The number of rotatable bonds is 8. The van der Waals surface area contributed by atoms with Crippen LogP contribution in [0.25, 0.3) is 6.08 Å². The first-order valence-corrected chi connectivity index (χ1v) is 9.58. The van der Waals surface area contributed by atoms with Crippen LogP contribution in [0.3, 0.4) is 0 Å². The van der Waals surface area contributed by atoms with Crippen molar-refractivity contribution in [3.63, 3.8) is 0 Å². The van der Waals surface area contributed by atoms with Crippen LogP contribution in [0.1, 0.15) is 31.8 Å². The molecule has 0 radical (unpaired) electrons. The first-order chi connectivity index (χ1) is 14.6. The molecule has 0 bridgehead atoms. The highest BCUT2D eigenvalue weighted by molar-refractivity contribution is 6.08. The van der Waals surface area contributed by atoms with Crippen LogP contribution in [-0.4, -0.2) is 30.5 Å². The topological polar surface area (TPSA) is 75.6 Å². The van der Waals surface area contributed by atoms with Crippen molar-refractivity contribution in [2.45, 2.75) is 6.42 Å². The van der Waals surface area contributed by atoms with Crippen molar-refractivity contribution < 1.29 is 19.4 Å². The number of aromatic hydroxyl groups is 1. The van der Waals surface area contributed by atoms with Crippen LogP contribution in [0.2, 0.25) is 0 Å². The summed E-state index contributed by atoms with van der Waals surface area (Å²) in [5.74, 6) is -0.115. The van der Waals surface area contributed by atoms with Crippen molar-refractivity contribution >= 4 is 17.8 Å².